The lowest BCUT2D eigenvalue weighted by atomic mass is 10.0. The molecule has 3 fully saturated rings. The highest BCUT2D eigenvalue weighted by atomic mass is 31.0. The summed E-state index contributed by atoms with van der Waals surface area (Å²) in [7, 11) is 4.28. The molecule has 5 rings (SSSR count). The number of Topliss-reactive ketones (excluding diaryl/α,β-unsaturated/α-hetero) is 1. The molecule has 1 unspecified atom stereocenters. The van der Waals surface area contributed by atoms with Crippen molar-refractivity contribution in [1.29, 1.82) is 0 Å². The Labute approximate surface area is 155 Å². The van der Waals surface area contributed by atoms with E-state index in [9.17, 15) is 9.59 Å². The summed E-state index contributed by atoms with van der Waals surface area (Å²) in [6.07, 6.45) is 1.52. The molecular formula is C19H22N3O3P. The number of carbonyl (C=O) groups excluding carboxylic acids is 2. The molecule has 0 amide bonds. The number of ether oxygens (including phenoxy) is 1. The van der Waals surface area contributed by atoms with Crippen LogP contribution in [0.2, 0.25) is 0 Å². The van der Waals surface area contributed by atoms with Crippen LogP contribution in [-0.4, -0.2) is 72.6 Å². The van der Waals surface area contributed by atoms with Crippen LogP contribution >= 0.6 is 9.24 Å². The predicted octanol–water partition coefficient (Wildman–Crippen LogP) is 0.376. The highest BCUT2D eigenvalue weighted by Gasteiger charge is 2.43. The first-order chi connectivity index (χ1) is 12.6. The summed E-state index contributed by atoms with van der Waals surface area (Å²) in [5.41, 5.74) is 1.89. The molecule has 1 atom stereocenters. The van der Waals surface area contributed by atoms with E-state index in [4.69, 9.17) is 4.74 Å². The average molecular weight is 371 g/mol. The van der Waals surface area contributed by atoms with Gasteiger partial charge in [0.25, 0.3) is 0 Å². The zero-order valence-corrected chi connectivity index (χ0v) is 15.9. The van der Waals surface area contributed by atoms with Gasteiger partial charge in [-0.05, 0) is 6.07 Å². The van der Waals surface area contributed by atoms with Crippen LogP contribution in [0.4, 0.5) is 0 Å². The number of para-hydroxylation sites is 1. The van der Waals surface area contributed by atoms with Gasteiger partial charge in [-0.25, -0.2) is 0 Å². The summed E-state index contributed by atoms with van der Waals surface area (Å²) < 4.78 is 5.02. The molecule has 3 heterocycles. The average Bonchev–Trinajstić information content (AvgIpc) is 3.50. The molecular weight excluding hydrogens is 349 g/mol. The molecule has 26 heavy (non-hydrogen) atoms. The van der Waals surface area contributed by atoms with Crippen LogP contribution in [0, 0.1) is 0 Å². The number of rotatable bonds is 4. The molecule has 0 spiro atoms. The molecule has 4 aliphatic rings. The maximum atomic E-state index is 12.4. The van der Waals surface area contributed by atoms with Gasteiger partial charge in [-0.1, -0.05) is 18.2 Å². The summed E-state index contributed by atoms with van der Waals surface area (Å²) in [6.45, 7) is 5.41. The minimum atomic E-state index is 0.00546. The number of hydrogen-bond donors (Lipinski definition) is 0. The molecule has 1 aromatic carbocycles. The summed E-state index contributed by atoms with van der Waals surface area (Å²) >= 11 is 0. The van der Waals surface area contributed by atoms with Crippen LogP contribution in [-0.2, 0) is 9.59 Å². The monoisotopic (exact) mass is 371 g/mol. The maximum Gasteiger partial charge on any atom is 0.227 e. The summed E-state index contributed by atoms with van der Waals surface area (Å²) in [4.78, 5) is 30.5. The second-order valence-electron chi connectivity index (χ2n) is 6.62. The smallest absolute Gasteiger partial charge is 0.227 e. The Hall–Kier alpha value is -2.33. The summed E-state index contributed by atoms with van der Waals surface area (Å²) in [5.74, 6) is 0.968. The van der Waals surface area contributed by atoms with Gasteiger partial charge >= 0.3 is 0 Å². The highest BCUT2D eigenvalue weighted by Crippen LogP contribution is 2.33. The number of benzene rings is 1. The molecule has 1 aromatic rings. The van der Waals surface area contributed by atoms with Crippen LogP contribution in [0.5, 0.6) is 5.75 Å². The molecule has 3 saturated heterocycles. The second kappa shape index (κ2) is 6.76. The van der Waals surface area contributed by atoms with Gasteiger partial charge in [0.1, 0.15) is 17.1 Å². The van der Waals surface area contributed by atoms with Crippen molar-refractivity contribution in [3.63, 3.8) is 0 Å². The van der Waals surface area contributed by atoms with E-state index in [1.54, 1.807) is 7.11 Å². The van der Waals surface area contributed by atoms with E-state index in [1.807, 2.05) is 39.0 Å². The molecule has 0 radical (unpaired) electrons. The van der Waals surface area contributed by atoms with Crippen molar-refractivity contribution < 1.29 is 14.3 Å². The van der Waals surface area contributed by atoms with Crippen molar-refractivity contribution in [2.45, 2.75) is 0 Å². The number of hydrogen-bond acceptors (Lipinski definition) is 6. The fourth-order valence-corrected chi connectivity index (χ4v) is 3.27. The van der Waals surface area contributed by atoms with Gasteiger partial charge in [-0.15, -0.1) is 9.24 Å². The third-order valence-electron chi connectivity index (χ3n) is 4.63. The first kappa shape index (κ1) is 17.1. The first-order valence-electron chi connectivity index (χ1n) is 8.78. The van der Waals surface area contributed by atoms with Crippen molar-refractivity contribution >= 4 is 26.1 Å². The van der Waals surface area contributed by atoms with Crippen LogP contribution < -0.4 is 10.0 Å². The highest BCUT2D eigenvalue weighted by molar-refractivity contribution is 7.27. The van der Waals surface area contributed by atoms with Crippen molar-refractivity contribution in [2.75, 3.05) is 46.4 Å². The number of nitrogens with zero attached hydrogens (tertiary/aromatic N) is 3. The van der Waals surface area contributed by atoms with Gasteiger partial charge in [0.15, 0.2) is 0 Å². The van der Waals surface area contributed by atoms with Gasteiger partial charge in [0.2, 0.25) is 11.6 Å². The number of ketones is 2. The standard InChI is InChI=1S/C12H13N3O2.C7H9OP/c16-9-7-8(13-1-2-13)12(17)11(15-5-6-15)10(9)14-3-4-14;1-8-6-4-2-3-5-7(6)9/h7H,1-6H2;2-5H,9H2,1H3. The Morgan fingerprint density at radius 3 is 1.96 bits per heavy atom. The molecule has 0 saturated carbocycles. The molecule has 0 N–H and O–H groups in total. The molecule has 0 aromatic heterocycles. The quantitative estimate of drug-likeness (QED) is 0.433. The van der Waals surface area contributed by atoms with Gasteiger partial charge in [-0.2, -0.15) is 0 Å². The van der Waals surface area contributed by atoms with Crippen LogP contribution in [0.15, 0.2) is 47.4 Å². The van der Waals surface area contributed by atoms with E-state index in [-0.39, 0.29) is 11.6 Å². The lowest BCUT2D eigenvalue weighted by Gasteiger charge is -2.21. The minimum absolute atomic E-state index is 0.00546. The Bertz CT molecular complexity index is 821. The van der Waals surface area contributed by atoms with E-state index in [1.165, 1.54) is 6.08 Å². The largest absolute Gasteiger partial charge is 0.496 e. The molecule has 3 aliphatic heterocycles. The third-order valence-corrected chi connectivity index (χ3v) is 5.10. The fraction of sp³-hybridized carbons (Fsp3) is 0.368. The number of carbonyl (C=O) groups is 2. The van der Waals surface area contributed by atoms with Crippen LogP contribution in [0.3, 0.4) is 0 Å². The predicted molar refractivity (Wildman–Crippen MR) is 102 cm³/mol. The van der Waals surface area contributed by atoms with Crippen LogP contribution in [0.1, 0.15) is 0 Å². The molecule has 0 bridgehead atoms. The summed E-state index contributed by atoms with van der Waals surface area (Å²) in [6, 6.07) is 7.85. The normalized spacial score (nSPS) is 20.5. The minimum Gasteiger partial charge on any atom is -0.496 e. The van der Waals surface area contributed by atoms with Crippen molar-refractivity contribution in [3.05, 3.63) is 47.4 Å². The van der Waals surface area contributed by atoms with E-state index >= 15 is 0 Å². The van der Waals surface area contributed by atoms with Gasteiger partial charge in [-0.3, -0.25) is 9.59 Å². The van der Waals surface area contributed by atoms with E-state index in [0.717, 1.165) is 50.3 Å². The van der Waals surface area contributed by atoms with Gasteiger partial charge in [0, 0.05) is 50.6 Å². The van der Waals surface area contributed by atoms with E-state index in [0.29, 0.717) is 17.1 Å². The van der Waals surface area contributed by atoms with Crippen molar-refractivity contribution in [2.24, 2.45) is 0 Å². The molecule has 1 aliphatic carbocycles. The first-order valence-corrected chi connectivity index (χ1v) is 9.36. The van der Waals surface area contributed by atoms with Crippen LogP contribution in [0.25, 0.3) is 0 Å². The van der Waals surface area contributed by atoms with E-state index < -0.39 is 0 Å². The topological polar surface area (TPSA) is 52.4 Å². The molecule has 7 heteroatoms. The SMILES string of the molecule is COc1ccccc1P.O=C1C=C(N2CC2)C(=O)C(N2CC2)=C1N1CC1. The maximum absolute atomic E-state index is 12.4. The number of methoxy groups -OCH3 is 1. The van der Waals surface area contributed by atoms with Crippen molar-refractivity contribution in [3.8, 4) is 5.75 Å². The van der Waals surface area contributed by atoms with E-state index in [2.05, 4.69) is 9.24 Å². The Kier molecular flexibility index (Phi) is 4.45. The zero-order valence-electron chi connectivity index (χ0n) is 14.8. The lowest BCUT2D eigenvalue weighted by molar-refractivity contribution is -0.117. The fourth-order valence-electron chi connectivity index (χ4n) is 2.94. The molecule has 6 nitrogen and oxygen atoms in total. The Morgan fingerprint density at radius 1 is 0.885 bits per heavy atom. The van der Waals surface area contributed by atoms with Gasteiger partial charge < -0.3 is 19.4 Å². The third kappa shape index (κ3) is 3.47. The Balaban J connectivity index is 0.000000160. The van der Waals surface area contributed by atoms with Gasteiger partial charge in [0.05, 0.1) is 12.8 Å². The lowest BCUT2D eigenvalue weighted by Crippen LogP contribution is -2.29. The summed E-state index contributed by atoms with van der Waals surface area (Å²) in [5, 5.41) is 1.10. The second-order valence-corrected chi connectivity index (χ2v) is 7.25. The zero-order chi connectivity index (χ0) is 18.3. The Morgan fingerprint density at radius 2 is 1.46 bits per heavy atom. The molecule has 136 valence electrons. The van der Waals surface area contributed by atoms with Crippen molar-refractivity contribution in [1.82, 2.24) is 14.7 Å². The number of allylic oxidation sites excluding steroid dienone is 1.